The van der Waals surface area contributed by atoms with Crippen LogP contribution in [0.5, 0.6) is 0 Å². The van der Waals surface area contributed by atoms with E-state index in [9.17, 15) is 9.59 Å². The lowest BCUT2D eigenvalue weighted by atomic mass is 9.72. The fourth-order valence-electron chi connectivity index (χ4n) is 6.28. The monoisotopic (exact) mass is 683 g/mol. The number of hydrogen-bond acceptors (Lipinski definition) is 4. The first kappa shape index (κ1) is 29.1. The lowest BCUT2D eigenvalue weighted by molar-refractivity contribution is 0.0368. The number of nitrogens with zero attached hydrogens (tertiary/aromatic N) is 2. The van der Waals surface area contributed by atoms with E-state index in [1.54, 1.807) is 6.07 Å². The highest BCUT2D eigenvalue weighted by Gasteiger charge is 2.37. The van der Waals surface area contributed by atoms with E-state index in [4.69, 9.17) is 27.9 Å². The Hall–Kier alpha value is -1.39. The molecule has 5 rings (SSSR count). The number of nitrogens with one attached hydrogen (secondary N) is 1. The van der Waals surface area contributed by atoms with Crippen LogP contribution in [-0.4, -0.2) is 50.7 Å². The van der Waals surface area contributed by atoms with Crippen molar-refractivity contribution in [2.24, 2.45) is 5.92 Å². The van der Waals surface area contributed by atoms with Gasteiger partial charge in [0.2, 0.25) is 0 Å². The van der Waals surface area contributed by atoms with Crippen molar-refractivity contribution in [3.8, 4) is 0 Å². The van der Waals surface area contributed by atoms with Crippen molar-refractivity contribution in [2.45, 2.75) is 60.8 Å². The SMILES string of the molecule is O=c1[nH]c(C2CCC(C3(I)C=CC=CC3)CC2)c(Cc2cccc(Cl)c2Cl)c(=O)n1CCCN1CCOCC1. The second-order valence-electron chi connectivity index (χ2n) is 10.9. The molecule has 1 N–H and O–H groups in total. The fourth-order valence-corrected chi connectivity index (χ4v) is 7.75. The van der Waals surface area contributed by atoms with E-state index in [1.807, 2.05) is 12.1 Å². The van der Waals surface area contributed by atoms with Gasteiger partial charge in [-0.15, -0.1) is 0 Å². The van der Waals surface area contributed by atoms with Gasteiger partial charge in [0.15, 0.2) is 0 Å². The zero-order chi connectivity index (χ0) is 27.4. The van der Waals surface area contributed by atoms with Crippen LogP contribution in [-0.2, 0) is 17.7 Å². The molecule has 1 unspecified atom stereocenters. The molecule has 0 radical (unpaired) electrons. The minimum atomic E-state index is -0.314. The standard InChI is InChI=1S/C30H36Cl2IN3O3/c31-25-7-4-6-22(26(25)32)20-24-27(21-8-10-23(11-9-21)30(33)12-2-1-3-13-30)34-29(38)36(28(24)37)15-5-14-35-16-18-39-19-17-35/h1-4,6-7,12,21,23H,5,8-11,13-20H2,(H,34,38). The number of halogens is 3. The summed E-state index contributed by atoms with van der Waals surface area (Å²) in [5.41, 5.74) is 1.70. The lowest BCUT2D eigenvalue weighted by Gasteiger charge is -2.39. The number of hydrogen-bond donors (Lipinski definition) is 1. The largest absolute Gasteiger partial charge is 0.379 e. The van der Waals surface area contributed by atoms with Gasteiger partial charge < -0.3 is 9.72 Å². The molecule has 1 aromatic carbocycles. The van der Waals surface area contributed by atoms with Crippen molar-refractivity contribution in [3.05, 3.63) is 90.2 Å². The molecule has 3 aliphatic rings. The third-order valence-corrected chi connectivity index (χ3v) is 11.1. The summed E-state index contributed by atoms with van der Waals surface area (Å²) < 4.78 is 6.95. The van der Waals surface area contributed by atoms with E-state index in [-0.39, 0.29) is 20.6 Å². The Labute approximate surface area is 253 Å². The molecule has 1 saturated heterocycles. The average molecular weight is 684 g/mol. The van der Waals surface area contributed by atoms with Gasteiger partial charge in [-0.3, -0.25) is 14.3 Å². The molecule has 2 fully saturated rings. The van der Waals surface area contributed by atoms with Crippen LogP contribution in [0.4, 0.5) is 0 Å². The smallest absolute Gasteiger partial charge is 0.328 e. The molecule has 2 heterocycles. The van der Waals surface area contributed by atoms with Crippen molar-refractivity contribution in [1.82, 2.24) is 14.5 Å². The second-order valence-corrected chi connectivity index (χ2v) is 13.7. The normalized spacial score (nSPS) is 25.7. The first-order valence-electron chi connectivity index (χ1n) is 14.0. The Balaban J connectivity index is 1.40. The van der Waals surface area contributed by atoms with Gasteiger partial charge in [0.05, 0.1) is 23.3 Å². The van der Waals surface area contributed by atoms with E-state index in [2.05, 4.69) is 56.8 Å². The predicted octanol–water partition coefficient (Wildman–Crippen LogP) is 6.12. The fraction of sp³-hybridized carbons (Fsp3) is 0.533. The van der Waals surface area contributed by atoms with Crippen LogP contribution in [0, 0.1) is 5.92 Å². The van der Waals surface area contributed by atoms with Crippen LogP contribution in [0.3, 0.4) is 0 Å². The van der Waals surface area contributed by atoms with Gasteiger partial charge in [0, 0.05) is 47.3 Å². The quantitative estimate of drug-likeness (QED) is 0.269. The highest BCUT2D eigenvalue weighted by Crippen LogP contribution is 2.47. The molecule has 0 spiro atoms. The number of ether oxygens (including phenoxy) is 1. The second kappa shape index (κ2) is 13.1. The summed E-state index contributed by atoms with van der Waals surface area (Å²) in [7, 11) is 0. The van der Waals surface area contributed by atoms with Gasteiger partial charge >= 0.3 is 5.69 Å². The Morgan fingerprint density at radius 1 is 1.05 bits per heavy atom. The number of allylic oxidation sites excluding steroid dienone is 4. The molecule has 1 aromatic heterocycles. The number of benzene rings is 1. The van der Waals surface area contributed by atoms with Crippen molar-refractivity contribution >= 4 is 45.8 Å². The topological polar surface area (TPSA) is 67.3 Å². The van der Waals surface area contributed by atoms with E-state index in [0.29, 0.717) is 34.5 Å². The molecule has 9 heteroatoms. The number of alkyl halides is 1. The van der Waals surface area contributed by atoms with Gasteiger partial charge in [0.25, 0.3) is 5.56 Å². The summed E-state index contributed by atoms with van der Waals surface area (Å²) in [6.07, 6.45) is 15.0. The van der Waals surface area contributed by atoms with Crippen molar-refractivity contribution in [2.75, 3.05) is 32.8 Å². The minimum Gasteiger partial charge on any atom is -0.379 e. The van der Waals surface area contributed by atoms with Crippen molar-refractivity contribution < 1.29 is 4.74 Å². The maximum absolute atomic E-state index is 13.9. The summed E-state index contributed by atoms with van der Waals surface area (Å²) >= 11 is 15.5. The first-order valence-corrected chi connectivity index (χ1v) is 15.8. The first-order chi connectivity index (χ1) is 18.9. The number of morpholine rings is 1. The molecule has 0 amide bonds. The molecule has 1 aliphatic heterocycles. The van der Waals surface area contributed by atoms with Crippen LogP contribution in [0.15, 0.2) is 52.1 Å². The number of H-pyrrole nitrogens is 1. The maximum atomic E-state index is 13.9. The molecular weight excluding hydrogens is 648 g/mol. The third-order valence-electron chi connectivity index (χ3n) is 8.54. The zero-order valence-corrected chi connectivity index (χ0v) is 25.8. The maximum Gasteiger partial charge on any atom is 0.328 e. The van der Waals surface area contributed by atoms with E-state index in [0.717, 1.165) is 82.6 Å². The lowest BCUT2D eigenvalue weighted by Crippen LogP contribution is -2.41. The Morgan fingerprint density at radius 2 is 1.82 bits per heavy atom. The molecule has 39 heavy (non-hydrogen) atoms. The third kappa shape index (κ3) is 6.75. The van der Waals surface area contributed by atoms with Gasteiger partial charge in [-0.25, -0.2) is 4.79 Å². The van der Waals surface area contributed by atoms with E-state index in [1.165, 1.54) is 4.57 Å². The molecule has 6 nitrogen and oxygen atoms in total. The van der Waals surface area contributed by atoms with Gasteiger partial charge in [-0.1, -0.05) is 82.2 Å². The highest BCUT2D eigenvalue weighted by molar-refractivity contribution is 14.1. The summed E-state index contributed by atoms with van der Waals surface area (Å²) in [5.74, 6) is 0.717. The van der Waals surface area contributed by atoms with Crippen LogP contribution >= 0.6 is 45.8 Å². The Bertz CT molecular complexity index is 1340. The highest BCUT2D eigenvalue weighted by atomic mass is 127. The van der Waals surface area contributed by atoms with E-state index >= 15 is 0 Å². The molecule has 1 atom stereocenters. The number of aromatic nitrogens is 2. The Morgan fingerprint density at radius 3 is 2.54 bits per heavy atom. The molecule has 1 saturated carbocycles. The van der Waals surface area contributed by atoms with Crippen LogP contribution < -0.4 is 11.2 Å². The predicted molar refractivity (Wildman–Crippen MR) is 167 cm³/mol. The van der Waals surface area contributed by atoms with Crippen LogP contribution in [0.1, 0.15) is 61.3 Å². The zero-order valence-electron chi connectivity index (χ0n) is 22.1. The summed E-state index contributed by atoms with van der Waals surface area (Å²) in [6.45, 7) is 4.44. The molecule has 210 valence electrons. The summed E-state index contributed by atoms with van der Waals surface area (Å²) in [4.78, 5) is 32.7. The molecular formula is C30H36Cl2IN3O3. The number of aromatic amines is 1. The van der Waals surface area contributed by atoms with Gasteiger partial charge in [0.1, 0.15) is 0 Å². The molecule has 2 aromatic rings. The van der Waals surface area contributed by atoms with Gasteiger partial charge in [-0.05, 0) is 62.0 Å². The number of rotatable bonds is 8. The van der Waals surface area contributed by atoms with Crippen LogP contribution in [0.25, 0.3) is 0 Å². The minimum absolute atomic E-state index is 0.140. The van der Waals surface area contributed by atoms with Crippen molar-refractivity contribution in [1.29, 1.82) is 0 Å². The van der Waals surface area contributed by atoms with Crippen molar-refractivity contribution in [3.63, 3.8) is 0 Å². The molecule has 0 bridgehead atoms. The van der Waals surface area contributed by atoms with Gasteiger partial charge in [-0.2, -0.15) is 0 Å². The summed E-state index contributed by atoms with van der Waals surface area (Å²) in [6, 6.07) is 5.51. The Kier molecular flexibility index (Phi) is 9.75. The van der Waals surface area contributed by atoms with Crippen LogP contribution in [0.2, 0.25) is 10.0 Å². The average Bonchev–Trinajstić information content (AvgIpc) is 2.95. The molecule has 2 aliphatic carbocycles. The van der Waals surface area contributed by atoms with E-state index < -0.39 is 0 Å². The summed E-state index contributed by atoms with van der Waals surface area (Å²) in [5, 5.41) is 0.927.